The summed E-state index contributed by atoms with van der Waals surface area (Å²) < 4.78 is 4.30. The molecule has 2 amide bonds. The van der Waals surface area contributed by atoms with Gasteiger partial charge in [0.1, 0.15) is 5.00 Å². The number of carboxylic acids is 1. The topological polar surface area (TPSA) is 125 Å². The molecule has 0 aromatic carbocycles. The number of aliphatic hydroxyl groups is 1. The number of aliphatic hydroxyl groups excluding tert-OH is 1. The van der Waals surface area contributed by atoms with Gasteiger partial charge in [-0.3, -0.25) is 5.32 Å². The smallest absolute Gasteiger partial charge is 0.338 e. The number of thiophene rings is 1. The monoisotopic (exact) mass is 316 g/mol. The van der Waals surface area contributed by atoms with Gasteiger partial charge in [0.15, 0.2) is 6.10 Å². The lowest BCUT2D eigenvalue weighted by molar-refractivity contribution is -0.149. The Kier molecular flexibility index (Phi) is 5.68. The maximum Gasteiger partial charge on any atom is 0.338 e. The van der Waals surface area contributed by atoms with Crippen LogP contribution in [0, 0.1) is 13.8 Å². The number of ether oxygens (including phenoxy) is 1. The highest BCUT2D eigenvalue weighted by Crippen LogP contribution is 2.32. The summed E-state index contributed by atoms with van der Waals surface area (Å²) in [5.74, 6) is -2.01. The van der Waals surface area contributed by atoms with Crippen molar-refractivity contribution < 1.29 is 29.3 Å². The van der Waals surface area contributed by atoms with Gasteiger partial charge in [-0.2, -0.15) is 0 Å². The molecular formula is C12H16N2O6S. The van der Waals surface area contributed by atoms with E-state index in [0.29, 0.717) is 5.56 Å². The molecule has 9 heteroatoms. The van der Waals surface area contributed by atoms with Gasteiger partial charge < -0.3 is 20.3 Å². The molecule has 0 saturated heterocycles. The Morgan fingerprint density at radius 3 is 2.48 bits per heavy atom. The standard InChI is InChI=1S/C12H16N2O6S/c1-5-6(2)21-9(8(5)10(16)17)14-12(19)13-4-7(15)11(18)20-3/h7,15H,4H2,1-3H3,(H,16,17)(H2,13,14,19). The molecule has 0 aliphatic heterocycles. The molecule has 0 bridgehead atoms. The number of aromatic carboxylic acids is 1. The molecule has 1 atom stereocenters. The van der Waals surface area contributed by atoms with Gasteiger partial charge in [0.2, 0.25) is 0 Å². The van der Waals surface area contributed by atoms with Crippen molar-refractivity contribution in [3.8, 4) is 0 Å². The number of carboxylic acid groups (broad SMARTS) is 1. The fourth-order valence-corrected chi connectivity index (χ4v) is 2.58. The van der Waals surface area contributed by atoms with Crippen molar-refractivity contribution in [3.63, 3.8) is 0 Å². The third-order valence-corrected chi connectivity index (χ3v) is 3.88. The SMILES string of the molecule is COC(=O)C(O)CNC(=O)Nc1sc(C)c(C)c1C(=O)O. The molecule has 1 aromatic heterocycles. The van der Waals surface area contributed by atoms with Gasteiger partial charge in [-0.15, -0.1) is 11.3 Å². The maximum atomic E-state index is 11.7. The number of nitrogens with one attached hydrogen (secondary N) is 2. The first kappa shape index (κ1) is 16.9. The van der Waals surface area contributed by atoms with E-state index in [1.807, 2.05) is 0 Å². The summed E-state index contributed by atoms with van der Waals surface area (Å²) in [6.45, 7) is 3.06. The number of carbonyl (C=O) groups excluding carboxylic acids is 2. The van der Waals surface area contributed by atoms with Gasteiger partial charge in [0, 0.05) is 4.88 Å². The zero-order chi connectivity index (χ0) is 16.2. The normalized spacial score (nSPS) is 11.6. The zero-order valence-corrected chi connectivity index (χ0v) is 12.5. The number of carbonyl (C=O) groups is 3. The quantitative estimate of drug-likeness (QED) is 0.593. The third kappa shape index (κ3) is 4.17. The van der Waals surface area contributed by atoms with Crippen LogP contribution in [0.25, 0.3) is 0 Å². The first-order valence-electron chi connectivity index (χ1n) is 5.92. The van der Waals surface area contributed by atoms with Crippen molar-refractivity contribution in [2.75, 3.05) is 19.0 Å². The van der Waals surface area contributed by atoms with Gasteiger partial charge in [0.25, 0.3) is 0 Å². The van der Waals surface area contributed by atoms with Crippen LogP contribution in [0.1, 0.15) is 20.8 Å². The van der Waals surface area contributed by atoms with Crippen LogP contribution in [0.15, 0.2) is 0 Å². The third-order valence-electron chi connectivity index (χ3n) is 2.76. The molecule has 21 heavy (non-hydrogen) atoms. The maximum absolute atomic E-state index is 11.7. The van der Waals surface area contributed by atoms with Crippen molar-refractivity contribution in [1.82, 2.24) is 5.32 Å². The Labute approximate surface area is 124 Å². The summed E-state index contributed by atoms with van der Waals surface area (Å²) in [5, 5.41) is 23.3. The number of hydrogen-bond acceptors (Lipinski definition) is 6. The summed E-state index contributed by atoms with van der Waals surface area (Å²) in [7, 11) is 1.11. The minimum Gasteiger partial charge on any atom is -0.478 e. The van der Waals surface area contributed by atoms with Crippen molar-refractivity contribution in [1.29, 1.82) is 0 Å². The van der Waals surface area contributed by atoms with Gasteiger partial charge >= 0.3 is 18.0 Å². The second kappa shape index (κ2) is 7.04. The van der Waals surface area contributed by atoms with Crippen LogP contribution < -0.4 is 10.6 Å². The number of rotatable bonds is 5. The number of anilines is 1. The number of methoxy groups -OCH3 is 1. The van der Waals surface area contributed by atoms with Crippen molar-refractivity contribution >= 4 is 34.3 Å². The molecule has 1 unspecified atom stereocenters. The second-order valence-electron chi connectivity index (χ2n) is 4.17. The largest absolute Gasteiger partial charge is 0.478 e. The molecule has 0 aliphatic carbocycles. The molecule has 1 aromatic rings. The van der Waals surface area contributed by atoms with E-state index in [1.165, 1.54) is 0 Å². The molecule has 8 nitrogen and oxygen atoms in total. The van der Waals surface area contributed by atoms with Gasteiger partial charge in [-0.05, 0) is 19.4 Å². The van der Waals surface area contributed by atoms with E-state index in [4.69, 9.17) is 5.11 Å². The van der Waals surface area contributed by atoms with Crippen LogP contribution in [0.2, 0.25) is 0 Å². The molecular weight excluding hydrogens is 300 g/mol. The summed E-state index contributed by atoms with van der Waals surface area (Å²) in [6, 6.07) is -0.721. The van der Waals surface area contributed by atoms with E-state index < -0.39 is 24.1 Å². The summed E-state index contributed by atoms with van der Waals surface area (Å²) in [4.78, 5) is 34.5. The minimum absolute atomic E-state index is 0.0289. The highest BCUT2D eigenvalue weighted by molar-refractivity contribution is 7.16. The minimum atomic E-state index is -1.48. The van der Waals surface area contributed by atoms with E-state index in [-0.39, 0.29) is 17.1 Å². The first-order valence-corrected chi connectivity index (χ1v) is 6.73. The molecule has 0 radical (unpaired) electrons. The van der Waals surface area contributed by atoms with Crippen LogP contribution >= 0.6 is 11.3 Å². The zero-order valence-electron chi connectivity index (χ0n) is 11.7. The van der Waals surface area contributed by atoms with E-state index in [2.05, 4.69) is 15.4 Å². The molecule has 0 fully saturated rings. The van der Waals surface area contributed by atoms with Crippen LogP contribution in [0.5, 0.6) is 0 Å². The molecule has 1 heterocycles. The van der Waals surface area contributed by atoms with E-state index in [1.54, 1.807) is 13.8 Å². The predicted octanol–water partition coefficient (Wildman–Crippen LogP) is 0.719. The average molecular weight is 316 g/mol. The molecule has 0 spiro atoms. The fourth-order valence-electron chi connectivity index (χ4n) is 1.53. The number of amides is 2. The molecule has 0 saturated carbocycles. The van der Waals surface area contributed by atoms with Crippen LogP contribution in [-0.4, -0.2) is 47.9 Å². The lowest BCUT2D eigenvalue weighted by Crippen LogP contribution is -2.39. The lowest BCUT2D eigenvalue weighted by Gasteiger charge is -2.10. The average Bonchev–Trinajstić information content (AvgIpc) is 2.70. The molecule has 4 N–H and O–H groups in total. The van der Waals surface area contributed by atoms with Crippen molar-refractivity contribution in [2.45, 2.75) is 20.0 Å². The Bertz CT molecular complexity index is 568. The Hall–Kier alpha value is -2.13. The second-order valence-corrected chi connectivity index (χ2v) is 5.39. The molecule has 116 valence electrons. The highest BCUT2D eigenvalue weighted by Gasteiger charge is 2.21. The Morgan fingerprint density at radius 1 is 1.33 bits per heavy atom. The highest BCUT2D eigenvalue weighted by atomic mass is 32.1. The number of urea groups is 1. The van der Waals surface area contributed by atoms with Crippen LogP contribution in [0.3, 0.4) is 0 Å². The van der Waals surface area contributed by atoms with Crippen LogP contribution in [0.4, 0.5) is 9.80 Å². The van der Waals surface area contributed by atoms with Crippen molar-refractivity contribution in [3.05, 3.63) is 16.0 Å². The Morgan fingerprint density at radius 2 is 1.95 bits per heavy atom. The van der Waals surface area contributed by atoms with Crippen molar-refractivity contribution in [2.24, 2.45) is 0 Å². The summed E-state index contributed by atoms with van der Waals surface area (Å²) in [5.41, 5.74) is 0.610. The van der Waals surface area contributed by atoms with Crippen LogP contribution in [-0.2, 0) is 9.53 Å². The molecule has 1 rings (SSSR count). The van der Waals surface area contributed by atoms with E-state index >= 15 is 0 Å². The first-order chi connectivity index (χ1) is 9.77. The summed E-state index contributed by atoms with van der Waals surface area (Å²) >= 11 is 1.14. The number of aryl methyl sites for hydroxylation is 1. The number of hydrogen-bond donors (Lipinski definition) is 4. The van der Waals surface area contributed by atoms with E-state index in [9.17, 15) is 19.5 Å². The van der Waals surface area contributed by atoms with Gasteiger partial charge in [-0.25, -0.2) is 14.4 Å². The Balaban J connectivity index is 2.70. The lowest BCUT2D eigenvalue weighted by atomic mass is 10.1. The fraction of sp³-hybridized carbons (Fsp3) is 0.417. The predicted molar refractivity (Wildman–Crippen MR) is 75.8 cm³/mol. The number of esters is 1. The van der Waals surface area contributed by atoms with E-state index in [0.717, 1.165) is 23.3 Å². The van der Waals surface area contributed by atoms with Gasteiger partial charge in [0.05, 0.1) is 19.2 Å². The van der Waals surface area contributed by atoms with Gasteiger partial charge in [-0.1, -0.05) is 0 Å². The summed E-state index contributed by atoms with van der Waals surface area (Å²) in [6.07, 6.45) is -1.48. The molecule has 0 aliphatic rings.